The van der Waals surface area contributed by atoms with Crippen LogP contribution in [0.2, 0.25) is 10.0 Å². The van der Waals surface area contributed by atoms with Crippen LogP contribution in [0, 0.1) is 17.0 Å². The second-order valence-electron chi connectivity index (χ2n) is 5.36. The fraction of sp³-hybridized carbons (Fsp3) is 0.0588. The monoisotopic (exact) mass is 389 g/mol. The van der Waals surface area contributed by atoms with E-state index in [9.17, 15) is 10.1 Å². The summed E-state index contributed by atoms with van der Waals surface area (Å²) in [5.74, 6) is 0.272. The zero-order valence-corrected chi connectivity index (χ0v) is 15.0. The first kappa shape index (κ1) is 17.9. The Balaban J connectivity index is 2.00. The van der Waals surface area contributed by atoms with E-state index in [1.807, 2.05) is 0 Å². The van der Waals surface area contributed by atoms with Crippen molar-refractivity contribution in [3.05, 3.63) is 74.4 Å². The lowest BCUT2D eigenvalue weighted by Gasteiger charge is -2.11. The number of aryl methyl sites for hydroxylation is 1. The Hall–Kier alpha value is -2.90. The van der Waals surface area contributed by atoms with Crippen LogP contribution in [-0.4, -0.2) is 14.9 Å². The van der Waals surface area contributed by atoms with Crippen LogP contribution in [0.25, 0.3) is 0 Å². The third kappa shape index (κ3) is 4.19. The summed E-state index contributed by atoms with van der Waals surface area (Å²) in [4.78, 5) is 19.3. The summed E-state index contributed by atoms with van der Waals surface area (Å²) in [7, 11) is 0. The van der Waals surface area contributed by atoms with E-state index in [1.54, 1.807) is 55.5 Å². The molecule has 1 aromatic heterocycles. The quantitative estimate of drug-likeness (QED) is 0.442. The van der Waals surface area contributed by atoms with Gasteiger partial charge in [0.2, 0.25) is 11.8 Å². The number of nitro groups is 1. The Labute approximate surface area is 159 Å². The largest absolute Gasteiger partial charge is 0.334 e. The van der Waals surface area contributed by atoms with Gasteiger partial charge in [-0.3, -0.25) is 10.1 Å². The Bertz CT molecular complexity index is 981. The summed E-state index contributed by atoms with van der Waals surface area (Å²) in [5.41, 5.74) is 1.26. The maximum absolute atomic E-state index is 11.4. The van der Waals surface area contributed by atoms with Gasteiger partial charge in [0.1, 0.15) is 5.69 Å². The van der Waals surface area contributed by atoms with E-state index >= 15 is 0 Å². The van der Waals surface area contributed by atoms with E-state index in [2.05, 4.69) is 20.6 Å². The molecule has 2 N–H and O–H groups in total. The molecule has 0 amide bonds. The molecule has 0 radical (unpaired) electrons. The van der Waals surface area contributed by atoms with Crippen LogP contribution < -0.4 is 10.6 Å². The van der Waals surface area contributed by atoms with E-state index in [4.69, 9.17) is 23.2 Å². The summed E-state index contributed by atoms with van der Waals surface area (Å²) in [5, 5.41) is 18.4. The average molecular weight is 390 g/mol. The molecule has 0 saturated carbocycles. The first-order chi connectivity index (χ1) is 12.4. The average Bonchev–Trinajstić information content (AvgIpc) is 2.54. The number of anilines is 4. The van der Waals surface area contributed by atoms with E-state index in [0.29, 0.717) is 21.4 Å². The summed E-state index contributed by atoms with van der Waals surface area (Å²) in [6, 6.07) is 13.8. The minimum Gasteiger partial charge on any atom is -0.334 e. The zero-order valence-electron chi connectivity index (χ0n) is 13.5. The zero-order chi connectivity index (χ0) is 18.7. The number of benzene rings is 2. The molecule has 2 aromatic carbocycles. The smallest absolute Gasteiger partial charge is 0.332 e. The topological polar surface area (TPSA) is 93.0 Å². The highest BCUT2D eigenvalue weighted by atomic mass is 35.5. The lowest BCUT2D eigenvalue weighted by Crippen LogP contribution is -2.07. The minimum atomic E-state index is -0.522. The highest BCUT2D eigenvalue weighted by Crippen LogP contribution is 2.31. The van der Waals surface area contributed by atoms with Crippen LogP contribution in [0.5, 0.6) is 0 Å². The highest BCUT2D eigenvalue weighted by molar-refractivity contribution is 6.31. The van der Waals surface area contributed by atoms with Crippen LogP contribution in [0.3, 0.4) is 0 Å². The van der Waals surface area contributed by atoms with Crippen LogP contribution in [0.15, 0.2) is 48.5 Å². The van der Waals surface area contributed by atoms with Crippen molar-refractivity contribution in [3.63, 3.8) is 0 Å². The Morgan fingerprint density at radius 2 is 1.54 bits per heavy atom. The molecule has 3 aromatic rings. The van der Waals surface area contributed by atoms with Gasteiger partial charge >= 0.3 is 5.69 Å². The van der Waals surface area contributed by atoms with Gasteiger partial charge in [-0.05, 0) is 43.3 Å². The second kappa shape index (κ2) is 7.55. The van der Waals surface area contributed by atoms with Gasteiger partial charge in [-0.2, -0.15) is 4.98 Å². The summed E-state index contributed by atoms with van der Waals surface area (Å²) < 4.78 is 0. The predicted octanol–water partition coefficient (Wildman–Crippen LogP) is 5.49. The normalized spacial score (nSPS) is 10.4. The van der Waals surface area contributed by atoms with Crippen molar-refractivity contribution in [1.29, 1.82) is 0 Å². The lowest BCUT2D eigenvalue weighted by atomic mass is 10.3. The Morgan fingerprint density at radius 3 is 2.08 bits per heavy atom. The molecule has 0 fully saturated rings. The van der Waals surface area contributed by atoms with Gasteiger partial charge in [0.15, 0.2) is 0 Å². The fourth-order valence-corrected chi connectivity index (χ4v) is 2.71. The molecule has 1 heterocycles. The third-order valence-electron chi connectivity index (χ3n) is 3.41. The standard InChI is InChI=1S/C17H13Cl2N5O2/c1-10-15(24(25)26)16(21-13-6-2-4-11(18)8-13)23-17(20-10)22-14-7-3-5-12(19)9-14/h2-9H,1H3,(H2,20,21,22,23). The van der Waals surface area contributed by atoms with Crippen LogP contribution in [-0.2, 0) is 0 Å². The van der Waals surface area contributed by atoms with Gasteiger partial charge in [-0.25, -0.2) is 4.98 Å². The van der Waals surface area contributed by atoms with Crippen LogP contribution in [0.1, 0.15) is 5.69 Å². The van der Waals surface area contributed by atoms with Gasteiger partial charge in [0, 0.05) is 21.4 Å². The van der Waals surface area contributed by atoms with Gasteiger partial charge in [-0.15, -0.1) is 0 Å². The lowest BCUT2D eigenvalue weighted by molar-refractivity contribution is -0.385. The van der Waals surface area contributed by atoms with Crippen molar-refractivity contribution in [1.82, 2.24) is 9.97 Å². The van der Waals surface area contributed by atoms with Crippen LogP contribution >= 0.6 is 23.2 Å². The summed E-state index contributed by atoms with van der Waals surface area (Å²) in [6.45, 7) is 1.55. The molecule has 0 atom stereocenters. The summed E-state index contributed by atoms with van der Waals surface area (Å²) >= 11 is 11.9. The highest BCUT2D eigenvalue weighted by Gasteiger charge is 2.22. The number of hydrogen-bond acceptors (Lipinski definition) is 6. The van der Waals surface area contributed by atoms with E-state index in [0.717, 1.165) is 0 Å². The van der Waals surface area contributed by atoms with Gasteiger partial charge in [-0.1, -0.05) is 35.3 Å². The second-order valence-corrected chi connectivity index (χ2v) is 6.23. The first-order valence-corrected chi connectivity index (χ1v) is 8.26. The number of hydrogen-bond donors (Lipinski definition) is 2. The molecule has 0 saturated heterocycles. The molecule has 3 rings (SSSR count). The third-order valence-corrected chi connectivity index (χ3v) is 3.88. The molecule has 0 aliphatic heterocycles. The number of nitrogens with zero attached hydrogens (tertiary/aromatic N) is 3. The number of halogens is 2. The van der Waals surface area contributed by atoms with Crippen molar-refractivity contribution in [3.8, 4) is 0 Å². The summed E-state index contributed by atoms with van der Waals surface area (Å²) in [6.07, 6.45) is 0. The SMILES string of the molecule is Cc1nc(Nc2cccc(Cl)c2)nc(Nc2cccc(Cl)c2)c1[N+](=O)[O-]. The molecule has 132 valence electrons. The van der Waals surface area contributed by atoms with Gasteiger partial charge in [0.25, 0.3) is 0 Å². The molecular weight excluding hydrogens is 377 g/mol. The Morgan fingerprint density at radius 1 is 0.962 bits per heavy atom. The molecule has 0 unspecified atom stereocenters. The van der Waals surface area contributed by atoms with Crippen molar-refractivity contribution in [2.24, 2.45) is 0 Å². The maximum atomic E-state index is 11.4. The van der Waals surface area contributed by atoms with Gasteiger partial charge in [0.05, 0.1) is 4.92 Å². The molecule has 0 bridgehead atoms. The fourth-order valence-electron chi connectivity index (χ4n) is 2.33. The first-order valence-electron chi connectivity index (χ1n) is 7.50. The Kier molecular flexibility index (Phi) is 5.20. The minimum absolute atomic E-state index is 0.0642. The van der Waals surface area contributed by atoms with Crippen molar-refractivity contribution >= 4 is 52.0 Å². The molecule has 0 spiro atoms. The molecular formula is C17H13Cl2N5O2. The number of nitrogens with one attached hydrogen (secondary N) is 2. The van der Waals surface area contributed by atoms with Crippen molar-refractivity contribution in [2.75, 3.05) is 10.6 Å². The number of aromatic nitrogens is 2. The molecule has 0 aliphatic rings. The van der Waals surface area contributed by atoms with E-state index < -0.39 is 4.92 Å². The van der Waals surface area contributed by atoms with Crippen molar-refractivity contribution in [2.45, 2.75) is 6.92 Å². The number of rotatable bonds is 5. The predicted molar refractivity (Wildman–Crippen MR) is 103 cm³/mol. The van der Waals surface area contributed by atoms with Gasteiger partial charge < -0.3 is 10.6 Å². The van der Waals surface area contributed by atoms with E-state index in [1.165, 1.54) is 0 Å². The maximum Gasteiger partial charge on any atom is 0.332 e. The van der Waals surface area contributed by atoms with E-state index in [-0.39, 0.29) is 23.1 Å². The molecule has 7 nitrogen and oxygen atoms in total. The molecule has 9 heteroatoms. The van der Waals surface area contributed by atoms with Crippen LogP contribution in [0.4, 0.5) is 28.8 Å². The molecule has 0 aliphatic carbocycles. The molecule has 26 heavy (non-hydrogen) atoms. The van der Waals surface area contributed by atoms with Crippen molar-refractivity contribution < 1.29 is 4.92 Å².